The van der Waals surface area contributed by atoms with Crippen LogP contribution in [-0.2, 0) is 11.2 Å². The molecule has 0 aromatic carbocycles. The van der Waals surface area contributed by atoms with Crippen molar-refractivity contribution in [2.24, 2.45) is 0 Å². The molecule has 1 amide bonds. The van der Waals surface area contributed by atoms with Crippen molar-refractivity contribution in [3.63, 3.8) is 0 Å². The maximum absolute atomic E-state index is 12.0. The average Bonchev–Trinajstić information content (AvgIpc) is 2.65. The highest BCUT2D eigenvalue weighted by Crippen LogP contribution is 2.10. The molecule has 0 fully saturated rings. The van der Waals surface area contributed by atoms with Gasteiger partial charge in [-0.2, -0.15) is 8.78 Å². The van der Waals surface area contributed by atoms with Gasteiger partial charge < -0.3 is 4.90 Å². The van der Waals surface area contributed by atoms with Crippen molar-refractivity contribution in [2.45, 2.75) is 12.8 Å². The number of carbonyl (C=O) groups excluding carboxylic acids is 1. The van der Waals surface area contributed by atoms with Gasteiger partial charge in [-0.25, -0.2) is 0 Å². The molecule has 1 rings (SSSR count). The summed E-state index contributed by atoms with van der Waals surface area (Å²) in [4.78, 5) is 12.9. The topological polar surface area (TPSA) is 20.3 Å². The first-order valence-corrected chi connectivity index (χ1v) is 5.04. The Hall–Kier alpha value is -0.970. The second kappa shape index (κ2) is 5.05. The Labute approximate surface area is 85.1 Å². The largest absolute Gasteiger partial charge is 0.340 e. The Morgan fingerprint density at radius 1 is 1.64 bits per heavy atom. The normalized spacial score (nSPS) is 10.6. The van der Waals surface area contributed by atoms with Gasteiger partial charge in [-0.15, -0.1) is 11.3 Å². The molecule has 0 N–H and O–H groups in total. The van der Waals surface area contributed by atoms with E-state index >= 15 is 0 Å². The smallest absolute Gasteiger partial charge is 0.315 e. The Morgan fingerprint density at radius 3 is 2.86 bits per heavy atom. The second-order valence-electron chi connectivity index (χ2n) is 2.89. The Balaban J connectivity index is 2.35. The van der Waals surface area contributed by atoms with E-state index in [1.54, 1.807) is 11.3 Å². The molecule has 0 aliphatic rings. The molecule has 0 saturated carbocycles. The molecule has 0 unspecified atom stereocenters. The number of hydrogen-bond donors (Lipinski definition) is 0. The summed E-state index contributed by atoms with van der Waals surface area (Å²) in [6, 6.07) is 3.82. The third-order valence-corrected chi connectivity index (χ3v) is 2.77. The zero-order valence-electron chi connectivity index (χ0n) is 7.74. The second-order valence-corrected chi connectivity index (χ2v) is 3.92. The van der Waals surface area contributed by atoms with Gasteiger partial charge in [0.05, 0.1) is 0 Å². The Bertz CT molecular complexity index is 287. The highest BCUT2D eigenvalue weighted by atomic mass is 32.1. The van der Waals surface area contributed by atoms with Crippen LogP contribution in [-0.4, -0.2) is 30.8 Å². The fourth-order valence-corrected chi connectivity index (χ4v) is 1.71. The van der Waals surface area contributed by atoms with Crippen molar-refractivity contribution in [1.29, 1.82) is 0 Å². The Morgan fingerprint density at radius 2 is 2.36 bits per heavy atom. The molecule has 0 aliphatic carbocycles. The van der Waals surface area contributed by atoms with Crippen LogP contribution in [0.3, 0.4) is 0 Å². The van der Waals surface area contributed by atoms with E-state index in [0.29, 0.717) is 13.0 Å². The van der Waals surface area contributed by atoms with E-state index in [9.17, 15) is 13.6 Å². The van der Waals surface area contributed by atoms with Crippen LogP contribution >= 0.6 is 11.3 Å². The van der Waals surface area contributed by atoms with Gasteiger partial charge in [0.15, 0.2) is 0 Å². The zero-order valence-corrected chi connectivity index (χ0v) is 8.56. The zero-order chi connectivity index (χ0) is 10.6. The molecule has 1 aromatic heterocycles. The Kier molecular flexibility index (Phi) is 4.00. The summed E-state index contributed by atoms with van der Waals surface area (Å²) in [6.07, 6.45) is -2.27. The first-order valence-electron chi connectivity index (χ1n) is 4.17. The number of rotatable bonds is 4. The molecule has 1 heterocycles. The van der Waals surface area contributed by atoms with Gasteiger partial charge in [0.1, 0.15) is 0 Å². The van der Waals surface area contributed by atoms with E-state index in [4.69, 9.17) is 0 Å². The number of likely N-dealkylation sites (N-methyl/N-ethyl adjacent to an activating group) is 1. The predicted molar refractivity (Wildman–Crippen MR) is 51.7 cm³/mol. The molecule has 5 heteroatoms. The molecule has 0 bridgehead atoms. The number of amides is 1. The summed E-state index contributed by atoms with van der Waals surface area (Å²) in [7, 11) is 1.39. The highest BCUT2D eigenvalue weighted by Gasteiger charge is 2.19. The quantitative estimate of drug-likeness (QED) is 0.758. The lowest BCUT2D eigenvalue weighted by molar-refractivity contribution is -0.141. The summed E-state index contributed by atoms with van der Waals surface area (Å²) in [5.41, 5.74) is 0. The molecule has 14 heavy (non-hydrogen) atoms. The van der Waals surface area contributed by atoms with Crippen molar-refractivity contribution < 1.29 is 13.6 Å². The number of nitrogens with zero attached hydrogens (tertiary/aromatic N) is 1. The summed E-state index contributed by atoms with van der Waals surface area (Å²) >= 11 is 1.56. The van der Waals surface area contributed by atoms with E-state index in [1.807, 2.05) is 17.5 Å². The molecule has 0 saturated heterocycles. The molecule has 1 aromatic rings. The summed E-state index contributed by atoms with van der Waals surface area (Å²) in [5, 5.41) is 1.92. The lowest BCUT2D eigenvalue weighted by atomic mass is 10.3. The number of hydrogen-bond acceptors (Lipinski definition) is 2. The molecular formula is C9H11F2NOS. The van der Waals surface area contributed by atoms with Crippen molar-refractivity contribution in [1.82, 2.24) is 4.90 Å². The van der Waals surface area contributed by atoms with E-state index in [-0.39, 0.29) is 0 Å². The average molecular weight is 219 g/mol. The van der Waals surface area contributed by atoms with Gasteiger partial charge in [-0.3, -0.25) is 4.79 Å². The molecule has 0 spiro atoms. The van der Waals surface area contributed by atoms with E-state index in [2.05, 4.69) is 0 Å². The van der Waals surface area contributed by atoms with E-state index in [1.165, 1.54) is 7.05 Å². The van der Waals surface area contributed by atoms with Crippen LogP contribution in [0.15, 0.2) is 17.5 Å². The number of halogens is 2. The monoisotopic (exact) mass is 219 g/mol. The number of thiophene rings is 1. The van der Waals surface area contributed by atoms with Crippen molar-refractivity contribution in [3.05, 3.63) is 22.4 Å². The van der Waals surface area contributed by atoms with Crippen LogP contribution in [0.4, 0.5) is 8.78 Å². The van der Waals surface area contributed by atoms with Crippen LogP contribution in [0.25, 0.3) is 0 Å². The van der Waals surface area contributed by atoms with Gasteiger partial charge in [0, 0.05) is 18.5 Å². The van der Waals surface area contributed by atoms with Gasteiger partial charge in [0.25, 0.3) is 5.91 Å². The van der Waals surface area contributed by atoms with Crippen LogP contribution in [0.5, 0.6) is 0 Å². The number of alkyl halides is 2. The first-order chi connectivity index (χ1) is 6.61. The fourth-order valence-electron chi connectivity index (χ4n) is 1.01. The standard InChI is InChI=1S/C9H11F2NOS/c1-12(9(13)8(10)11)5-4-7-3-2-6-14-7/h2-3,6,8H,4-5H2,1H3. The van der Waals surface area contributed by atoms with Gasteiger partial charge in [-0.05, 0) is 17.9 Å². The highest BCUT2D eigenvalue weighted by molar-refractivity contribution is 7.09. The molecule has 0 radical (unpaired) electrons. The molecule has 2 nitrogen and oxygen atoms in total. The van der Waals surface area contributed by atoms with Crippen LogP contribution in [0, 0.1) is 0 Å². The van der Waals surface area contributed by atoms with E-state index < -0.39 is 12.3 Å². The van der Waals surface area contributed by atoms with Gasteiger partial charge in [-0.1, -0.05) is 6.07 Å². The molecule has 0 aliphatic heterocycles. The summed E-state index contributed by atoms with van der Waals surface area (Å²) in [5.74, 6) is -1.11. The van der Waals surface area contributed by atoms with Crippen LogP contribution in [0.2, 0.25) is 0 Å². The third kappa shape index (κ3) is 3.06. The number of carbonyl (C=O) groups is 1. The summed E-state index contributed by atoms with van der Waals surface area (Å²) < 4.78 is 23.9. The van der Waals surface area contributed by atoms with Gasteiger partial charge >= 0.3 is 6.43 Å². The predicted octanol–water partition coefficient (Wildman–Crippen LogP) is 2.01. The minimum Gasteiger partial charge on any atom is -0.340 e. The van der Waals surface area contributed by atoms with Crippen molar-refractivity contribution >= 4 is 17.2 Å². The fraction of sp³-hybridized carbons (Fsp3) is 0.444. The van der Waals surface area contributed by atoms with Crippen LogP contribution in [0.1, 0.15) is 4.88 Å². The van der Waals surface area contributed by atoms with Gasteiger partial charge in [0.2, 0.25) is 0 Å². The molecule has 0 atom stereocenters. The minimum atomic E-state index is -2.90. The first kappa shape index (κ1) is 11.1. The minimum absolute atomic E-state index is 0.337. The third-order valence-electron chi connectivity index (χ3n) is 1.84. The van der Waals surface area contributed by atoms with E-state index in [0.717, 1.165) is 9.78 Å². The van der Waals surface area contributed by atoms with Crippen LogP contribution < -0.4 is 0 Å². The van der Waals surface area contributed by atoms with Crippen molar-refractivity contribution in [2.75, 3.05) is 13.6 Å². The van der Waals surface area contributed by atoms with Crippen molar-refractivity contribution in [3.8, 4) is 0 Å². The molecular weight excluding hydrogens is 208 g/mol. The summed E-state index contributed by atoms with van der Waals surface area (Å²) in [6.45, 7) is 0.337. The maximum atomic E-state index is 12.0. The molecule has 78 valence electrons. The lowest BCUT2D eigenvalue weighted by Gasteiger charge is -2.15. The SMILES string of the molecule is CN(CCc1cccs1)C(=O)C(F)F. The maximum Gasteiger partial charge on any atom is 0.315 e. The lowest BCUT2D eigenvalue weighted by Crippen LogP contribution is -2.33.